The van der Waals surface area contributed by atoms with E-state index in [4.69, 9.17) is 0 Å². The van der Waals surface area contributed by atoms with Gasteiger partial charge in [-0.3, -0.25) is 4.79 Å². The molecule has 0 radical (unpaired) electrons. The predicted molar refractivity (Wildman–Crippen MR) is 85.9 cm³/mol. The fourth-order valence-corrected chi connectivity index (χ4v) is 3.99. The molecule has 21 heavy (non-hydrogen) atoms. The Kier molecular flexibility index (Phi) is 3.00. The van der Waals surface area contributed by atoms with Gasteiger partial charge in [-0.05, 0) is 23.4 Å². The third kappa shape index (κ3) is 2.14. The summed E-state index contributed by atoms with van der Waals surface area (Å²) in [5.41, 5.74) is 4.13. The van der Waals surface area contributed by atoms with E-state index < -0.39 is 0 Å². The van der Waals surface area contributed by atoms with Crippen molar-refractivity contribution < 1.29 is 4.79 Å². The number of nitrogens with one attached hydrogen (secondary N) is 1. The molecule has 0 saturated carbocycles. The number of Topliss-reactive ketones (excluding diaryl/α,β-unsaturated/α-hetero) is 1. The van der Waals surface area contributed by atoms with Gasteiger partial charge in [0.25, 0.3) is 0 Å². The van der Waals surface area contributed by atoms with Crippen LogP contribution in [0.15, 0.2) is 54.0 Å². The summed E-state index contributed by atoms with van der Waals surface area (Å²) < 4.78 is 0. The lowest BCUT2D eigenvalue weighted by Gasteiger charge is -2.21. The van der Waals surface area contributed by atoms with Crippen LogP contribution in [0.5, 0.6) is 0 Å². The Hall–Kier alpha value is -2.13. The zero-order valence-corrected chi connectivity index (χ0v) is 12.3. The monoisotopic (exact) mass is 293 g/mol. The Balaban J connectivity index is 1.74. The number of benzene rings is 1. The van der Waals surface area contributed by atoms with Gasteiger partial charge in [-0.25, -0.2) is 0 Å². The minimum absolute atomic E-state index is 0.259. The Morgan fingerprint density at radius 3 is 2.67 bits per heavy atom. The van der Waals surface area contributed by atoms with Gasteiger partial charge < -0.3 is 4.98 Å². The molecule has 3 heteroatoms. The molecule has 2 heterocycles. The third-order valence-corrected chi connectivity index (χ3v) is 5.19. The van der Waals surface area contributed by atoms with Crippen molar-refractivity contribution >= 4 is 17.1 Å². The molecule has 4 rings (SSSR count). The van der Waals surface area contributed by atoms with Crippen LogP contribution >= 0.6 is 11.3 Å². The van der Waals surface area contributed by atoms with Crippen LogP contribution in [-0.2, 0) is 6.42 Å². The molecule has 1 aromatic carbocycles. The van der Waals surface area contributed by atoms with Gasteiger partial charge in [0.2, 0.25) is 0 Å². The first kappa shape index (κ1) is 12.6. The lowest BCUT2D eigenvalue weighted by Crippen LogP contribution is -2.17. The van der Waals surface area contributed by atoms with E-state index in [1.807, 2.05) is 24.4 Å². The Morgan fingerprint density at radius 1 is 1.05 bits per heavy atom. The van der Waals surface area contributed by atoms with Crippen molar-refractivity contribution in [1.82, 2.24) is 4.98 Å². The molecule has 1 aliphatic carbocycles. The molecule has 0 fully saturated rings. The summed E-state index contributed by atoms with van der Waals surface area (Å²) in [7, 11) is 0. The third-order valence-electron chi connectivity index (χ3n) is 4.15. The predicted octanol–water partition coefficient (Wildman–Crippen LogP) is 4.66. The average molecular weight is 293 g/mol. The number of hydrogen-bond acceptors (Lipinski definition) is 2. The molecule has 2 nitrogen and oxygen atoms in total. The Bertz CT molecular complexity index is 771. The topological polar surface area (TPSA) is 32.9 Å². The second-order valence-corrected chi connectivity index (χ2v) is 6.44. The van der Waals surface area contributed by atoms with E-state index in [0.29, 0.717) is 12.3 Å². The quantitative estimate of drug-likeness (QED) is 0.732. The molecule has 1 atom stereocenters. The summed E-state index contributed by atoms with van der Waals surface area (Å²) in [6.07, 6.45) is 3.52. The van der Waals surface area contributed by atoms with Gasteiger partial charge in [-0.2, -0.15) is 0 Å². The highest BCUT2D eigenvalue weighted by atomic mass is 32.1. The number of hydrogen-bond donors (Lipinski definition) is 1. The summed E-state index contributed by atoms with van der Waals surface area (Å²) in [5.74, 6) is 0.585. The molecule has 0 amide bonds. The van der Waals surface area contributed by atoms with Crippen LogP contribution < -0.4 is 0 Å². The Morgan fingerprint density at radius 2 is 1.90 bits per heavy atom. The number of aromatic amines is 1. The van der Waals surface area contributed by atoms with Gasteiger partial charge in [0, 0.05) is 40.2 Å². The van der Waals surface area contributed by atoms with Crippen LogP contribution in [0, 0.1) is 0 Å². The second kappa shape index (κ2) is 5.01. The zero-order chi connectivity index (χ0) is 14.2. The van der Waals surface area contributed by atoms with Gasteiger partial charge in [0.05, 0.1) is 0 Å². The molecule has 104 valence electrons. The maximum absolute atomic E-state index is 12.6. The van der Waals surface area contributed by atoms with Crippen molar-refractivity contribution in [2.45, 2.75) is 18.8 Å². The van der Waals surface area contributed by atoms with Crippen LogP contribution in [0.3, 0.4) is 0 Å². The van der Waals surface area contributed by atoms with E-state index in [0.717, 1.165) is 28.8 Å². The van der Waals surface area contributed by atoms with Gasteiger partial charge in [-0.15, -0.1) is 11.3 Å². The number of ketones is 1. The van der Waals surface area contributed by atoms with E-state index in [9.17, 15) is 4.79 Å². The van der Waals surface area contributed by atoms with Crippen molar-refractivity contribution in [1.29, 1.82) is 0 Å². The summed E-state index contributed by atoms with van der Waals surface area (Å²) >= 11 is 1.74. The summed E-state index contributed by atoms with van der Waals surface area (Å²) in [4.78, 5) is 17.3. The first-order chi connectivity index (χ1) is 10.3. The standard InChI is InChI=1S/C18H15NOS/c20-16-10-13(17-7-4-8-21-17)9-15-18(16)14(11-19-15)12-5-2-1-3-6-12/h1-8,11,13,19H,9-10H2. The van der Waals surface area contributed by atoms with Gasteiger partial charge in [-0.1, -0.05) is 36.4 Å². The Labute approximate surface area is 127 Å². The molecule has 1 N–H and O–H groups in total. The number of H-pyrrole nitrogens is 1. The molecule has 2 aromatic heterocycles. The van der Waals surface area contributed by atoms with Crippen LogP contribution in [-0.4, -0.2) is 10.8 Å². The van der Waals surface area contributed by atoms with E-state index in [1.165, 1.54) is 4.88 Å². The van der Waals surface area contributed by atoms with Crippen molar-refractivity contribution in [3.63, 3.8) is 0 Å². The molecule has 1 unspecified atom stereocenters. The van der Waals surface area contributed by atoms with Gasteiger partial charge >= 0.3 is 0 Å². The van der Waals surface area contributed by atoms with Crippen molar-refractivity contribution in [3.8, 4) is 11.1 Å². The highest BCUT2D eigenvalue weighted by Gasteiger charge is 2.30. The molecule has 3 aromatic rings. The maximum Gasteiger partial charge on any atom is 0.165 e. The van der Waals surface area contributed by atoms with E-state index in [2.05, 4.69) is 34.6 Å². The highest BCUT2D eigenvalue weighted by molar-refractivity contribution is 7.10. The van der Waals surface area contributed by atoms with Crippen molar-refractivity contribution in [2.24, 2.45) is 0 Å². The number of aromatic nitrogens is 1. The number of rotatable bonds is 2. The summed E-state index contributed by atoms with van der Waals surface area (Å²) in [5, 5.41) is 2.08. The number of thiophene rings is 1. The fourth-order valence-electron chi connectivity index (χ4n) is 3.16. The lowest BCUT2D eigenvalue weighted by atomic mass is 9.83. The minimum Gasteiger partial charge on any atom is -0.364 e. The minimum atomic E-state index is 0.259. The smallest absolute Gasteiger partial charge is 0.165 e. The first-order valence-corrected chi connectivity index (χ1v) is 8.03. The molecule has 0 spiro atoms. The van der Waals surface area contributed by atoms with Crippen molar-refractivity contribution in [2.75, 3.05) is 0 Å². The van der Waals surface area contributed by atoms with Gasteiger partial charge in [0.1, 0.15) is 0 Å². The van der Waals surface area contributed by atoms with Crippen LogP contribution in [0.25, 0.3) is 11.1 Å². The molecule has 0 aliphatic heterocycles. The van der Waals surface area contributed by atoms with E-state index >= 15 is 0 Å². The zero-order valence-electron chi connectivity index (χ0n) is 11.5. The molecule has 0 bridgehead atoms. The number of fused-ring (bicyclic) bond motifs is 1. The highest BCUT2D eigenvalue weighted by Crippen LogP contribution is 2.38. The molecule has 1 aliphatic rings. The van der Waals surface area contributed by atoms with Gasteiger partial charge in [0.15, 0.2) is 5.78 Å². The fraction of sp³-hybridized carbons (Fsp3) is 0.167. The molecular formula is C18H15NOS. The largest absolute Gasteiger partial charge is 0.364 e. The van der Waals surface area contributed by atoms with E-state index in [1.54, 1.807) is 11.3 Å². The summed E-state index contributed by atoms with van der Waals surface area (Å²) in [6, 6.07) is 14.3. The molecular weight excluding hydrogens is 278 g/mol. The lowest BCUT2D eigenvalue weighted by molar-refractivity contribution is 0.0965. The van der Waals surface area contributed by atoms with Crippen molar-refractivity contribution in [3.05, 3.63) is 70.2 Å². The SMILES string of the molecule is O=C1CC(c2cccs2)Cc2[nH]cc(-c3ccccc3)c21. The average Bonchev–Trinajstić information content (AvgIpc) is 3.17. The number of carbonyl (C=O) groups excluding carboxylic acids is 1. The number of carbonyl (C=O) groups is 1. The summed E-state index contributed by atoms with van der Waals surface area (Å²) in [6.45, 7) is 0. The van der Waals surface area contributed by atoms with Crippen LogP contribution in [0.1, 0.15) is 33.3 Å². The normalized spacial score (nSPS) is 17.7. The van der Waals surface area contributed by atoms with Crippen LogP contribution in [0.4, 0.5) is 0 Å². The van der Waals surface area contributed by atoms with E-state index in [-0.39, 0.29) is 5.78 Å². The maximum atomic E-state index is 12.6. The first-order valence-electron chi connectivity index (χ1n) is 7.15. The second-order valence-electron chi connectivity index (χ2n) is 5.47. The van der Waals surface area contributed by atoms with Crippen LogP contribution in [0.2, 0.25) is 0 Å². The molecule has 0 saturated heterocycles.